The third-order valence-corrected chi connectivity index (χ3v) is 4.33. The average molecular weight is 355 g/mol. The first-order valence-electron chi connectivity index (χ1n) is 6.21. The first kappa shape index (κ1) is 16.9. The third kappa shape index (κ3) is 4.28. The van der Waals surface area contributed by atoms with Gasteiger partial charge in [-0.1, -0.05) is 11.6 Å². The summed E-state index contributed by atoms with van der Waals surface area (Å²) in [5.41, 5.74) is 2.23. The molecule has 0 saturated carbocycles. The lowest BCUT2D eigenvalue weighted by atomic mass is 10.2. The van der Waals surface area contributed by atoms with Crippen LogP contribution < -0.4 is 10.3 Å². The Balaban J connectivity index is 2.07. The molecule has 0 atom stereocenters. The van der Waals surface area contributed by atoms with Gasteiger partial charge in [-0.05, 0) is 48.5 Å². The highest BCUT2D eigenvalue weighted by Crippen LogP contribution is 2.11. The van der Waals surface area contributed by atoms with Crippen LogP contribution in [0.3, 0.4) is 0 Å². The number of hydrogen-bond acceptors (Lipinski definition) is 4. The molecule has 2 rings (SSSR count). The fourth-order valence-corrected chi connectivity index (χ4v) is 2.59. The number of rotatable bonds is 5. The Kier molecular flexibility index (Phi) is 4.99. The van der Waals surface area contributed by atoms with Crippen molar-refractivity contribution in [1.29, 1.82) is 0 Å². The van der Waals surface area contributed by atoms with Crippen LogP contribution in [-0.4, -0.2) is 25.4 Å². The highest BCUT2D eigenvalue weighted by atomic mass is 35.5. The van der Waals surface area contributed by atoms with Gasteiger partial charge in [-0.15, -0.1) is 4.83 Å². The van der Waals surface area contributed by atoms with Gasteiger partial charge in [-0.3, -0.25) is 10.2 Å². The molecule has 7 nitrogen and oxygen atoms in total. The summed E-state index contributed by atoms with van der Waals surface area (Å²) in [6.45, 7) is 0. The first-order chi connectivity index (χ1) is 10.8. The van der Waals surface area contributed by atoms with E-state index in [0.29, 0.717) is 5.02 Å². The molecule has 2 aromatic carbocycles. The van der Waals surface area contributed by atoms with E-state index < -0.39 is 21.9 Å². The van der Waals surface area contributed by atoms with Crippen LogP contribution >= 0.6 is 11.6 Å². The van der Waals surface area contributed by atoms with Gasteiger partial charge in [0.15, 0.2) is 0 Å². The number of carbonyl (C=O) groups is 2. The van der Waals surface area contributed by atoms with E-state index >= 15 is 0 Å². The summed E-state index contributed by atoms with van der Waals surface area (Å²) in [5, 5.41) is 9.21. The molecular weight excluding hydrogens is 344 g/mol. The number of sulfonamides is 1. The van der Waals surface area contributed by atoms with Gasteiger partial charge in [0.05, 0.1) is 10.5 Å². The molecule has 0 aliphatic carbocycles. The Morgan fingerprint density at radius 1 is 0.913 bits per heavy atom. The molecule has 0 fully saturated rings. The Labute approximate surface area is 136 Å². The Morgan fingerprint density at radius 2 is 1.43 bits per heavy atom. The van der Waals surface area contributed by atoms with Crippen LogP contribution in [0.15, 0.2) is 53.4 Å². The van der Waals surface area contributed by atoms with Gasteiger partial charge in [0.1, 0.15) is 0 Å². The van der Waals surface area contributed by atoms with Gasteiger partial charge >= 0.3 is 5.97 Å². The largest absolute Gasteiger partial charge is 0.478 e. The molecule has 0 aliphatic heterocycles. The van der Waals surface area contributed by atoms with E-state index in [1.54, 1.807) is 0 Å². The lowest BCUT2D eigenvalue weighted by Gasteiger charge is -2.08. The van der Waals surface area contributed by atoms with Crippen molar-refractivity contribution in [2.45, 2.75) is 4.90 Å². The van der Waals surface area contributed by atoms with E-state index in [1.807, 2.05) is 4.83 Å². The van der Waals surface area contributed by atoms with E-state index in [0.717, 1.165) is 24.3 Å². The Bertz CT molecular complexity index is 832. The SMILES string of the molecule is O=C(O)c1ccc(S(=O)(=O)NNC(=O)c2ccc(Cl)cc2)cc1. The minimum absolute atomic E-state index is 0.0471. The quantitative estimate of drug-likeness (QED) is 0.707. The first-order valence-corrected chi connectivity index (χ1v) is 8.07. The van der Waals surface area contributed by atoms with Crippen molar-refractivity contribution < 1.29 is 23.1 Å². The van der Waals surface area contributed by atoms with Gasteiger partial charge in [0.2, 0.25) is 0 Å². The molecule has 1 amide bonds. The average Bonchev–Trinajstić information content (AvgIpc) is 2.53. The summed E-state index contributed by atoms with van der Waals surface area (Å²) in [7, 11) is -4.01. The van der Waals surface area contributed by atoms with E-state index in [9.17, 15) is 18.0 Å². The standard InChI is InChI=1S/C14H11ClN2O5S/c15-11-5-1-9(2-6-11)13(18)16-17-23(21,22)12-7-3-10(4-8-12)14(19)20/h1-8,17H,(H,16,18)(H,19,20). The number of carboxylic acids is 1. The molecule has 3 N–H and O–H groups in total. The highest BCUT2D eigenvalue weighted by Gasteiger charge is 2.16. The lowest BCUT2D eigenvalue weighted by Crippen LogP contribution is -2.41. The van der Waals surface area contributed by atoms with Crippen LogP contribution in [-0.2, 0) is 10.0 Å². The monoisotopic (exact) mass is 354 g/mol. The van der Waals surface area contributed by atoms with Crippen molar-refractivity contribution in [2.24, 2.45) is 0 Å². The van der Waals surface area contributed by atoms with Crippen LogP contribution in [0.2, 0.25) is 5.02 Å². The lowest BCUT2D eigenvalue weighted by molar-refractivity contribution is 0.0696. The van der Waals surface area contributed by atoms with Crippen molar-refractivity contribution in [2.75, 3.05) is 0 Å². The van der Waals surface area contributed by atoms with Crippen LogP contribution in [0.4, 0.5) is 0 Å². The van der Waals surface area contributed by atoms with Crippen LogP contribution in [0.25, 0.3) is 0 Å². The van der Waals surface area contributed by atoms with Crippen molar-refractivity contribution in [3.63, 3.8) is 0 Å². The normalized spacial score (nSPS) is 11.0. The minimum Gasteiger partial charge on any atom is -0.478 e. The Hall–Kier alpha value is -2.42. The van der Waals surface area contributed by atoms with E-state index in [-0.39, 0.29) is 16.0 Å². The van der Waals surface area contributed by atoms with E-state index in [1.165, 1.54) is 24.3 Å². The molecule has 0 aromatic heterocycles. The van der Waals surface area contributed by atoms with Crippen LogP contribution in [0.1, 0.15) is 20.7 Å². The molecule has 0 bridgehead atoms. The summed E-state index contributed by atoms with van der Waals surface area (Å²) >= 11 is 5.70. The molecule has 0 radical (unpaired) electrons. The maximum atomic E-state index is 12.0. The number of carboxylic acid groups (broad SMARTS) is 1. The third-order valence-electron chi connectivity index (χ3n) is 2.82. The topological polar surface area (TPSA) is 113 Å². The van der Waals surface area contributed by atoms with Crippen molar-refractivity contribution in [3.05, 3.63) is 64.7 Å². The number of benzene rings is 2. The van der Waals surface area contributed by atoms with E-state index in [2.05, 4.69) is 5.43 Å². The van der Waals surface area contributed by atoms with Gasteiger partial charge in [0.25, 0.3) is 15.9 Å². The molecule has 0 saturated heterocycles. The van der Waals surface area contributed by atoms with E-state index in [4.69, 9.17) is 16.7 Å². The van der Waals surface area contributed by atoms with Crippen LogP contribution in [0, 0.1) is 0 Å². The number of nitrogens with one attached hydrogen (secondary N) is 2. The molecule has 9 heteroatoms. The van der Waals surface area contributed by atoms with Gasteiger partial charge in [0, 0.05) is 10.6 Å². The maximum Gasteiger partial charge on any atom is 0.335 e. The zero-order valence-electron chi connectivity index (χ0n) is 11.5. The summed E-state index contributed by atoms with van der Waals surface area (Å²) in [4.78, 5) is 24.3. The molecule has 0 heterocycles. The summed E-state index contributed by atoms with van der Waals surface area (Å²) in [6.07, 6.45) is 0. The number of halogens is 1. The molecule has 0 spiro atoms. The van der Waals surface area contributed by atoms with Crippen molar-refractivity contribution in [3.8, 4) is 0 Å². The second kappa shape index (κ2) is 6.78. The molecule has 0 aliphatic rings. The summed E-state index contributed by atoms with van der Waals surface area (Å²) in [5.74, 6) is -1.83. The molecule has 2 aromatic rings. The second-order valence-corrected chi connectivity index (χ2v) is 6.51. The fourth-order valence-electron chi connectivity index (χ4n) is 1.62. The second-order valence-electron chi connectivity index (χ2n) is 4.40. The van der Waals surface area contributed by atoms with Crippen molar-refractivity contribution in [1.82, 2.24) is 10.3 Å². The fraction of sp³-hybridized carbons (Fsp3) is 0. The molecule has 0 unspecified atom stereocenters. The molecule has 120 valence electrons. The Morgan fingerprint density at radius 3 is 1.96 bits per heavy atom. The summed E-state index contributed by atoms with van der Waals surface area (Å²) in [6, 6.07) is 10.4. The number of aromatic carboxylic acids is 1. The zero-order chi connectivity index (χ0) is 17.0. The number of hydrogen-bond donors (Lipinski definition) is 3. The van der Waals surface area contributed by atoms with Gasteiger partial charge in [-0.2, -0.15) is 0 Å². The molecular formula is C14H11ClN2O5S. The zero-order valence-corrected chi connectivity index (χ0v) is 13.1. The van der Waals surface area contributed by atoms with Crippen LogP contribution in [0.5, 0.6) is 0 Å². The van der Waals surface area contributed by atoms with Gasteiger partial charge < -0.3 is 5.11 Å². The minimum atomic E-state index is -4.01. The number of carbonyl (C=O) groups excluding carboxylic acids is 1. The highest BCUT2D eigenvalue weighted by molar-refractivity contribution is 7.89. The number of amides is 1. The van der Waals surface area contributed by atoms with Gasteiger partial charge in [-0.25, -0.2) is 13.2 Å². The predicted octanol–water partition coefficient (Wildman–Crippen LogP) is 1.66. The van der Waals surface area contributed by atoms with Crippen molar-refractivity contribution >= 4 is 33.5 Å². The predicted molar refractivity (Wildman–Crippen MR) is 82.6 cm³/mol. The summed E-state index contributed by atoms with van der Waals surface area (Å²) < 4.78 is 24.0. The maximum absolute atomic E-state index is 12.0. The number of hydrazine groups is 1. The smallest absolute Gasteiger partial charge is 0.335 e. The molecule has 23 heavy (non-hydrogen) atoms.